The molecule has 0 amide bonds. The minimum absolute atomic E-state index is 0.0527. The van der Waals surface area contributed by atoms with Gasteiger partial charge in [-0.25, -0.2) is 9.59 Å². The van der Waals surface area contributed by atoms with Gasteiger partial charge in [-0.1, -0.05) is 23.8 Å². The summed E-state index contributed by atoms with van der Waals surface area (Å²) in [6.45, 7) is 2.06. The molecule has 6 heteroatoms. The van der Waals surface area contributed by atoms with Gasteiger partial charge in [-0.15, -0.1) is 0 Å². The number of ether oxygens (including phenoxy) is 1. The SMILES string of the molecule is CCOC(=O)[C@@H]1Nc2c(Cl)ccc(C(=O)O)c2[C@@H]2C=CC[C@@H]12. The fourth-order valence-corrected chi connectivity index (χ4v) is 3.55. The predicted molar refractivity (Wildman–Crippen MR) is 82.4 cm³/mol. The van der Waals surface area contributed by atoms with Crippen LogP contribution in [-0.4, -0.2) is 29.7 Å². The van der Waals surface area contributed by atoms with E-state index in [1.54, 1.807) is 6.92 Å². The standard InChI is InChI=1S/C16H16ClNO4/c1-2-22-16(21)13-9-5-3-4-8(9)12-10(15(19)20)6-7-11(17)14(12)18-13/h3-4,6-9,13,18H,2,5H2,1H3,(H,19,20)/t8-,9-,13-/m1/s1. The Balaban J connectivity index is 2.11. The molecule has 2 aliphatic rings. The first-order valence-electron chi connectivity index (χ1n) is 7.20. The molecule has 0 saturated carbocycles. The summed E-state index contributed by atoms with van der Waals surface area (Å²) in [7, 11) is 0. The van der Waals surface area contributed by atoms with E-state index in [2.05, 4.69) is 5.32 Å². The van der Waals surface area contributed by atoms with E-state index in [0.29, 0.717) is 29.3 Å². The van der Waals surface area contributed by atoms with Gasteiger partial charge in [0.05, 0.1) is 22.9 Å². The summed E-state index contributed by atoms with van der Waals surface area (Å²) in [5.41, 5.74) is 1.39. The van der Waals surface area contributed by atoms with Crippen molar-refractivity contribution in [2.75, 3.05) is 11.9 Å². The first-order valence-corrected chi connectivity index (χ1v) is 7.58. The highest BCUT2D eigenvalue weighted by atomic mass is 35.5. The Morgan fingerprint density at radius 1 is 1.45 bits per heavy atom. The number of carbonyl (C=O) groups is 2. The van der Waals surface area contributed by atoms with Crippen LogP contribution in [0.5, 0.6) is 0 Å². The first-order chi connectivity index (χ1) is 10.5. The zero-order valence-corrected chi connectivity index (χ0v) is 12.8. The molecule has 0 unspecified atom stereocenters. The van der Waals surface area contributed by atoms with Gasteiger partial charge in [-0.05, 0) is 31.0 Å². The molecule has 1 aliphatic heterocycles. The van der Waals surface area contributed by atoms with Crippen molar-refractivity contribution in [1.82, 2.24) is 0 Å². The molecule has 3 rings (SSSR count). The Hall–Kier alpha value is -2.01. The molecule has 3 atom stereocenters. The lowest BCUT2D eigenvalue weighted by molar-refractivity contribution is -0.145. The fourth-order valence-electron chi connectivity index (χ4n) is 3.33. The molecular weight excluding hydrogens is 306 g/mol. The summed E-state index contributed by atoms with van der Waals surface area (Å²) in [4.78, 5) is 23.7. The molecule has 1 aromatic carbocycles. The summed E-state index contributed by atoms with van der Waals surface area (Å²) in [5, 5.41) is 12.9. The van der Waals surface area contributed by atoms with Crippen LogP contribution >= 0.6 is 11.6 Å². The average Bonchev–Trinajstić information content (AvgIpc) is 2.96. The maximum atomic E-state index is 12.2. The molecule has 0 saturated heterocycles. The Morgan fingerprint density at radius 3 is 2.91 bits per heavy atom. The second-order valence-electron chi connectivity index (χ2n) is 5.42. The maximum absolute atomic E-state index is 12.2. The third-order valence-electron chi connectivity index (χ3n) is 4.24. The Morgan fingerprint density at radius 2 is 2.23 bits per heavy atom. The molecule has 2 N–H and O–H groups in total. The number of carboxylic acid groups (broad SMARTS) is 1. The molecule has 0 aromatic heterocycles. The van der Waals surface area contributed by atoms with Crippen molar-refractivity contribution < 1.29 is 19.4 Å². The van der Waals surface area contributed by atoms with E-state index in [-0.39, 0.29) is 23.4 Å². The monoisotopic (exact) mass is 321 g/mol. The average molecular weight is 322 g/mol. The van der Waals surface area contributed by atoms with Gasteiger partial charge in [0.1, 0.15) is 6.04 Å². The number of carbonyl (C=O) groups excluding carboxylic acids is 1. The number of esters is 1. The quantitative estimate of drug-likeness (QED) is 0.661. The number of allylic oxidation sites excluding steroid dienone is 2. The minimum Gasteiger partial charge on any atom is -0.478 e. The van der Waals surface area contributed by atoms with Gasteiger partial charge >= 0.3 is 11.9 Å². The zero-order chi connectivity index (χ0) is 15.9. The molecule has 116 valence electrons. The summed E-state index contributed by atoms with van der Waals surface area (Å²) >= 11 is 6.22. The van der Waals surface area contributed by atoms with Gasteiger partial charge in [0.2, 0.25) is 0 Å². The van der Waals surface area contributed by atoms with Crippen LogP contribution in [0.25, 0.3) is 0 Å². The third kappa shape index (κ3) is 2.25. The van der Waals surface area contributed by atoms with Gasteiger partial charge in [0.15, 0.2) is 0 Å². The van der Waals surface area contributed by atoms with Crippen LogP contribution in [-0.2, 0) is 9.53 Å². The van der Waals surface area contributed by atoms with Crippen molar-refractivity contribution in [2.24, 2.45) is 5.92 Å². The van der Waals surface area contributed by atoms with E-state index in [0.717, 1.165) is 0 Å². The molecule has 1 heterocycles. The van der Waals surface area contributed by atoms with E-state index >= 15 is 0 Å². The van der Waals surface area contributed by atoms with Crippen LogP contribution in [0.4, 0.5) is 5.69 Å². The highest BCUT2D eigenvalue weighted by molar-refractivity contribution is 6.33. The topological polar surface area (TPSA) is 75.6 Å². The molecule has 0 spiro atoms. The number of benzene rings is 1. The first kappa shape index (κ1) is 14.9. The third-order valence-corrected chi connectivity index (χ3v) is 4.55. The number of anilines is 1. The number of rotatable bonds is 3. The molecule has 0 bridgehead atoms. The van der Waals surface area contributed by atoms with Gasteiger partial charge in [0, 0.05) is 11.8 Å². The molecule has 22 heavy (non-hydrogen) atoms. The van der Waals surface area contributed by atoms with E-state index in [4.69, 9.17) is 16.3 Å². The normalized spacial score (nSPS) is 25.1. The second-order valence-corrected chi connectivity index (χ2v) is 5.82. The van der Waals surface area contributed by atoms with Gasteiger partial charge in [0.25, 0.3) is 0 Å². The summed E-state index contributed by atoms with van der Waals surface area (Å²) in [6, 6.07) is 2.53. The number of nitrogens with one attached hydrogen (secondary N) is 1. The maximum Gasteiger partial charge on any atom is 0.336 e. The summed E-state index contributed by atoms with van der Waals surface area (Å²) < 4.78 is 5.13. The lowest BCUT2D eigenvalue weighted by Gasteiger charge is -2.36. The summed E-state index contributed by atoms with van der Waals surface area (Å²) in [5.74, 6) is -1.52. The van der Waals surface area contributed by atoms with Crippen LogP contribution < -0.4 is 5.32 Å². The molecule has 1 aliphatic carbocycles. The van der Waals surface area contributed by atoms with Crippen LogP contribution in [0.15, 0.2) is 24.3 Å². The molecule has 0 fully saturated rings. The van der Waals surface area contributed by atoms with Crippen molar-refractivity contribution in [2.45, 2.75) is 25.3 Å². The number of halogens is 1. The minimum atomic E-state index is -0.997. The van der Waals surface area contributed by atoms with Gasteiger partial charge in [-0.3, -0.25) is 0 Å². The van der Waals surface area contributed by atoms with Gasteiger partial charge in [-0.2, -0.15) is 0 Å². The second kappa shape index (κ2) is 5.65. The molecular formula is C16H16ClNO4. The lowest BCUT2D eigenvalue weighted by Crippen LogP contribution is -2.43. The number of carboxylic acids is 1. The van der Waals surface area contributed by atoms with Crippen LogP contribution in [0.1, 0.15) is 35.2 Å². The Labute approximate surface area is 132 Å². The van der Waals surface area contributed by atoms with Crippen LogP contribution in [0.2, 0.25) is 5.02 Å². The van der Waals surface area contributed by atoms with E-state index in [9.17, 15) is 14.7 Å². The van der Waals surface area contributed by atoms with Crippen LogP contribution in [0, 0.1) is 5.92 Å². The zero-order valence-electron chi connectivity index (χ0n) is 12.0. The molecule has 5 nitrogen and oxygen atoms in total. The lowest BCUT2D eigenvalue weighted by atomic mass is 9.77. The van der Waals surface area contributed by atoms with E-state index in [1.807, 2.05) is 12.2 Å². The van der Waals surface area contributed by atoms with Crippen molar-refractivity contribution in [1.29, 1.82) is 0 Å². The van der Waals surface area contributed by atoms with Crippen molar-refractivity contribution in [3.8, 4) is 0 Å². The molecule has 0 radical (unpaired) electrons. The van der Waals surface area contributed by atoms with E-state index in [1.165, 1.54) is 12.1 Å². The number of hydrogen-bond acceptors (Lipinski definition) is 4. The smallest absolute Gasteiger partial charge is 0.336 e. The summed E-state index contributed by atoms with van der Waals surface area (Å²) in [6.07, 6.45) is 4.64. The van der Waals surface area contributed by atoms with Crippen molar-refractivity contribution in [3.63, 3.8) is 0 Å². The number of aromatic carboxylic acids is 1. The molecule has 1 aromatic rings. The number of fused-ring (bicyclic) bond motifs is 3. The van der Waals surface area contributed by atoms with Crippen LogP contribution in [0.3, 0.4) is 0 Å². The van der Waals surface area contributed by atoms with Crippen molar-refractivity contribution in [3.05, 3.63) is 40.4 Å². The highest BCUT2D eigenvalue weighted by Crippen LogP contribution is 2.48. The van der Waals surface area contributed by atoms with Gasteiger partial charge < -0.3 is 15.2 Å². The Bertz CT molecular complexity index is 670. The van der Waals surface area contributed by atoms with Crippen molar-refractivity contribution >= 4 is 29.2 Å². The number of hydrogen-bond donors (Lipinski definition) is 2. The Kier molecular flexibility index (Phi) is 3.83. The predicted octanol–water partition coefficient (Wildman–Crippen LogP) is 3.06. The highest BCUT2D eigenvalue weighted by Gasteiger charge is 2.43. The largest absolute Gasteiger partial charge is 0.478 e. The fraction of sp³-hybridized carbons (Fsp3) is 0.375. The van der Waals surface area contributed by atoms with E-state index < -0.39 is 12.0 Å².